The number of aryl methyl sites for hydroxylation is 1. The van der Waals surface area contributed by atoms with Crippen molar-refractivity contribution < 1.29 is 4.79 Å². The summed E-state index contributed by atoms with van der Waals surface area (Å²) >= 11 is 1.95. The molecule has 0 saturated carbocycles. The molecule has 1 amide bonds. The summed E-state index contributed by atoms with van der Waals surface area (Å²) in [5.41, 5.74) is 13.0. The molecule has 1 fully saturated rings. The first-order valence-corrected chi connectivity index (χ1v) is 8.77. The molecule has 3 heterocycles. The number of rotatable bonds is 3. The lowest BCUT2D eigenvalue weighted by Crippen LogP contribution is -2.43. The largest absolute Gasteiger partial charge is 0.370 e. The molecule has 4 N–H and O–H groups in total. The van der Waals surface area contributed by atoms with Gasteiger partial charge in [-0.2, -0.15) is 16.9 Å². The fourth-order valence-electron chi connectivity index (χ4n) is 2.98. The van der Waals surface area contributed by atoms with E-state index in [4.69, 9.17) is 11.5 Å². The summed E-state index contributed by atoms with van der Waals surface area (Å²) in [7, 11) is 0. The maximum atomic E-state index is 11.4. The van der Waals surface area contributed by atoms with Gasteiger partial charge in [0.1, 0.15) is 0 Å². The summed E-state index contributed by atoms with van der Waals surface area (Å²) in [6.07, 6.45) is 3.35. The van der Waals surface area contributed by atoms with Gasteiger partial charge >= 0.3 is 0 Å². The van der Waals surface area contributed by atoms with Crippen molar-refractivity contribution in [1.82, 2.24) is 14.7 Å². The fourth-order valence-corrected chi connectivity index (χ4v) is 3.88. The second-order valence-electron chi connectivity index (χ2n) is 5.75. The van der Waals surface area contributed by atoms with E-state index in [-0.39, 0.29) is 0 Å². The zero-order valence-corrected chi connectivity index (χ0v) is 13.4. The van der Waals surface area contributed by atoms with Gasteiger partial charge in [-0.1, -0.05) is 0 Å². The number of carbonyl (C=O) groups excluding carboxylic acids is 1. The number of guanidine groups is 1. The number of carbonyl (C=O) groups is 1. The number of aromatic nitrogens is 2. The molecule has 0 aromatic carbocycles. The number of nitrogens with zero attached hydrogens (tertiary/aromatic N) is 4. The van der Waals surface area contributed by atoms with Crippen LogP contribution in [0.15, 0.2) is 11.2 Å². The van der Waals surface area contributed by atoms with Gasteiger partial charge in [-0.15, -0.1) is 0 Å². The van der Waals surface area contributed by atoms with Gasteiger partial charge in [-0.05, 0) is 18.8 Å². The molecule has 1 aromatic heterocycles. The lowest BCUT2D eigenvalue weighted by atomic mass is 9.94. The van der Waals surface area contributed by atoms with Crippen LogP contribution in [-0.4, -0.2) is 57.7 Å². The van der Waals surface area contributed by atoms with Crippen LogP contribution < -0.4 is 11.5 Å². The molecule has 2 aliphatic rings. The van der Waals surface area contributed by atoms with Crippen LogP contribution in [0.4, 0.5) is 0 Å². The van der Waals surface area contributed by atoms with Crippen LogP contribution in [0.5, 0.6) is 0 Å². The minimum Gasteiger partial charge on any atom is -0.370 e. The second-order valence-corrected chi connectivity index (χ2v) is 6.97. The van der Waals surface area contributed by atoms with E-state index in [2.05, 4.69) is 15.0 Å². The predicted octanol–water partition coefficient (Wildman–Crippen LogP) is -0.0921. The van der Waals surface area contributed by atoms with E-state index in [0.29, 0.717) is 24.0 Å². The maximum absolute atomic E-state index is 11.4. The molecule has 0 radical (unpaired) electrons. The lowest BCUT2D eigenvalue weighted by Gasteiger charge is -2.28. The van der Waals surface area contributed by atoms with Gasteiger partial charge in [-0.25, -0.2) is 0 Å². The van der Waals surface area contributed by atoms with E-state index in [1.54, 1.807) is 6.20 Å². The minimum atomic E-state index is -0.407. The third kappa shape index (κ3) is 3.21. The van der Waals surface area contributed by atoms with Gasteiger partial charge in [-0.3, -0.25) is 14.5 Å². The monoisotopic (exact) mass is 322 g/mol. The van der Waals surface area contributed by atoms with Gasteiger partial charge in [0.2, 0.25) is 0 Å². The van der Waals surface area contributed by atoms with Gasteiger partial charge in [0.15, 0.2) is 5.96 Å². The summed E-state index contributed by atoms with van der Waals surface area (Å²) in [6, 6.07) is 0. The second kappa shape index (κ2) is 6.60. The van der Waals surface area contributed by atoms with Crippen molar-refractivity contribution in [3.63, 3.8) is 0 Å². The van der Waals surface area contributed by atoms with E-state index in [0.717, 1.165) is 49.7 Å². The minimum absolute atomic E-state index is 0.389. The third-order valence-corrected chi connectivity index (χ3v) is 5.23. The third-order valence-electron chi connectivity index (χ3n) is 4.29. The average molecular weight is 322 g/mol. The van der Waals surface area contributed by atoms with Crippen molar-refractivity contribution in [1.29, 1.82) is 0 Å². The Kier molecular flexibility index (Phi) is 4.56. The molecule has 8 heteroatoms. The SMILES string of the molecule is NC(=O)c1cnn2c1CC(CN=C(N)N1CCSCC1)CC2. The smallest absolute Gasteiger partial charge is 0.252 e. The molecule has 1 unspecified atom stereocenters. The summed E-state index contributed by atoms with van der Waals surface area (Å²) in [5, 5.41) is 4.23. The Bertz CT molecular complexity index is 578. The predicted molar refractivity (Wildman–Crippen MR) is 87.9 cm³/mol. The lowest BCUT2D eigenvalue weighted by molar-refractivity contribution is 0.0998. The van der Waals surface area contributed by atoms with E-state index in [1.165, 1.54) is 0 Å². The Hall–Kier alpha value is -1.70. The molecule has 1 atom stereocenters. The van der Waals surface area contributed by atoms with Crippen LogP contribution >= 0.6 is 11.8 Å². The van der Waals surface area contributed by atoms with Gasteiger partial charge in [0, 0.05) is 37.7 Å². The molecule has 7 nitrogen and oxygen atoms in total. The number of hydrogen-bond donors (Lipinski definition) is 2. The maximum Gasteiger partial charge on any atom is 0.252 e. The zero-order chi connectivity index (χ0) is 15.5. The average Bonchev–Trinajstić information content (AvgIpc) is 2.96. The van der Waals surface area contributed by atoms with Gasteiger partial charge in [0.05, 0.1) is 17.5 Å². The van der Waals surface area contributed by atoms with E-state index >= 15 is 0 Å². The quantitative estimate of drug-likeness (QED) is 0.598. The molecule has 0 aliphatic carbocycles. The van der Waals surface area contributed by atoms with Crippen molar-refractivity contribution in [2.24, 2.45) is 22.4 Å². The van der Waals surface area contributed by atoms with Crippen molar-refractivity contribution >= 4 is 23.6 Å². The normalized spacial score (nSPS) is 22.5. The highest BCUT2D eigenvalue weighted by molar-refractivity contribution is 7.99. The molecule has 1 aromatic rings. The first-order valence-electron chi connectivity index (χ1n) is 7.62. The van der Waals surface area contributed by atoms with Gasteiger partial charge in [0.25, 0.3) is 5.91 Å². The molecular weight excluding hydrogens is 300 g/mol. The van der Waals surface area contributed by atoms with Crippen LogP contribution in [0.1, 0.15) is 22.5 Å². The van der Waals surface area contributed by atoms with Crippen LogP contribution in [0.2, 0.25) is 0 Å². The van der Waals surface area contributed by atoms with E-state index in [9.17, 15) is 4.79 Å². The standard InChI is InChI=1S/C14H22N6OS/c15-13(21)11-9-18-20-2-1-10(7-12(11)20)8-17-14(16)19-3-5-22-6-4-19/h9-10H,1-8H2,(H2,15,21)(H2,16,17). The Morgan fingerprint density at radius 1 is 1.36 bits per heavy atom. The van der Waals surface area contributed by atoms with Gasteiger partial charge < -0.3 is 16.4 Å². The molecule has 120 valence electrons. The Labute approximate surface area is 134 Å². The van der Waals surface area contributed by atoms with Crippen LogP contribution in [0.3, 0.4) is 0 Å². The molecule has 2 aliphatic heterocycles. The Morgan fingerprint density at radius 3 is 2.86 bits per heavy atom. The van der Waals surface area contributed by atoms with Crippen molar-refractivity contribution in [2.45, 2.75) is 19.4 Å². The van der Waals surface area contributed by atoms with Crippen molar-refractivity contribution in [3.05, 3.63) is 17.5 Å². The number of fused-ring (bicyclic) bond motifs is 1. The number of aliphatic imine (C=N–C) groups is 1. The number of primary amides is 1. The van der Waals surface area contributed by atoms with Crippen molar-refractivity contribution in [3.8, 4) is 0 Å². The van der Waals surface area contributed by atoms with Crippen LogP contribution in [0, 0.1) is 5.92 Å². The summed E-state index contributed by atoms with van der Waals surface area (Å²) in [4.78, 5) is 18.1. The van der Waals surface area contributed by atoms with E-state index < -0.39 is 5.91 Å². The number of hydrogen-bond acceptors (Lipinski definition) is 4. The number of nitrogens with two attached hydrogens (primary N) is 2. The first kappa shape index (κ1) is 15.2. The highest BCUT2D eigenvalue weighted by atomic mass is 32.2. The topological polar surface area (TPSA) is 103 Å². The zero-order valence-electron chi connectivity index (χ0n) is 12.6. The Balaban J connectivity index is 1.62. The molecule has 22 heavy (non-hydrogen) atoms. The first-order chi connectivity index (χ1) is 10.6. The molecule has 0 spiro atoms. The number of thioether (sulfide) groups is 1. The highest BCUT2D eigenvalue weighted by Gasteiger charge is 2.24. The number of amides is 1. The fraction of sp³-hybridized carbons (Fsp3) is 0.643. The summed E-state index contributed by atoms with van der Waals surface area (Å²) in [5.74, 6) is 2.85. The van der Waals surface area contributed by atoms with Crippen molar-refractivity contribution in [2.75, 3.05) is 31.1 Å². The molecule has 3 rings (SSSR count). The molecular formula is C14H22N6OS. The summed E-state index contributed by atoms with van der Waals surface area (Å²) in [6.45, 7) is 3.45. The molecule has 0 bridgehead atoms. The molecule has 1 saturated heterocycles. The van der Waals surface area contributed by atoms with E-state index in [1.807, 2.05) is 16.4 Å². The highest BCUT2D eigenvalue weighted by Crippen LogP contribution is 2.23. The van der Waals surface area contributed by atoms with Crippen LogP contribution in [0.25, 0.3) is 0 Å². The Morgan fingerprint density at radius 2 is 2.14 bits per heavy atom. The summed E-state index contributed by atoms with van der Waals surface area (Å²) < 4.78 is 1.88. The van der Waals surface area contributed by atoms with Crippen LogP contribution in [-0.2, 0) is 13.0 Å².